The van der Waals surface area contributed by atoms with Crippen molar-refractivity contribution >= 4 is 5.69 Å². The van der Waals surface area contributed by atoms with Crippen molar-refractivity contribution in [2.24, 2.45) is 7.05 Å². The zero-order valence-electron chi connectivity index (χ0n) is 12.2. The molecule has 0 fully saturated rings. The maximum absolute atomic E-state index is 4.35. The first-order valence-electron chi connectivity index (χ1n) is 6.96. The Bertz CT molecular complexity index is 710. The molecule has 3 rings (SSSR count). The lowest BCUT2D eigenvalue weighted by atomic mass is 10.2. The van der Waals surface area contributed by atoms with E-state index < -0.39 is 0 Å². The fourth-order valence-electron chi connectivity index (χ4n) is 2.26. The van der Waals surface area contributed by atoms with Crippen molar-refractivity contribution in [3.8, 4) is 11.4 Å². The highest BCUT2D eigenvalue weighted by Gasteiger charge is 2.05. The lowest BCUT2D eigenvalue weighted by Crippen LogP contribution is -2.07. The summed E-state index contributed by atoms with van der Waals surface area (Å²) >= 11 is 0. The summed E-state index contributed by atoms with van der Waals surface area (Å²) < 4.78 is 4.03. The molecule has 2 aromatic heterocycles. The van der Waals surface area contributed by atoms with Gasteiger partial charge >= 0.3 is 0 Å². The first-order valence-corrected chi connectivity index (χ1v) is 6.96. The van der Waals surface area contributed by atoms with Crippen LogP contribution in [0.3, 0.4) is 0 Å². The van der Waals surface area contributed by atoms with Crippen LogP contribution in [-0.4, -0.2) is 24.3 Å². The van der Waals surface area contributed by atoms with Gasteiger partial charge in [0.1, 0.15) is 12.2 Å². The Morgan fingerprint density at radius 1 is 1.19 bits per heavy atom. The van der Waals surface area contributed by atoms with E-state index in [9.17, 15) is 0 Å². The average molecular weight is 282 g/mol. The van der Waals surface area contributed by atoms with Gasteiger partial charge in [-0.05, 0) is 31.2 Å². The second-order valence-corrected chi connectivity index (χ2v) is 4.83. The van der Waals surface area contributed by atoms with Crippen LogP contribution in [0.4, 0.5) is 5.69 Å². The minimum atomic E-state index is 0.712. The molecule has 3 aromatic rings. The van der Waals surface area contributed by atoms with Crippen molar-refractivity contribution in [2.45, 2.75) is 20.0 Å². The van der Waals surface area contributed by atoms with Gasteiger partial charge < -0.3 is 14.5 Å². The molecule has 0 aliphatic carbocycles. The second-order valence-electron chi connectivity index (χ2n) is 4.83. The van der Waals surface area contributed by atoms with E-state index in [1.54, 1.807) is 6.33 Å². The number of benzene rings is 1. The van der Waals surface area contributed by atoms with Gasteiger partial charge in [-0.2, -0.15) is 0 Å². The SMILES string of the molecule is CCn1ccnc1CNc1ccc(-c2nncn2C)cc1. The van der Waals surface area contributed by atoms with Crippen LogP contribution in [0.2, 0.25) is 0 Å². The number of rotatable bonds is 5. The Kier molecular flexibility index (Phi) is 3.68. The molecule has 0 radical (unpaired) electrons. The topological polar surface area (TPSA) is 60.6 Å². The summed E-state index contributed by atoms with van der Waals surface area (Å²) in [6.07, 6.45) is 5.53. The Morgan fingerprint density at radius 2 is 2.00 bits per heavy atom. The number of hydrogen-bond donors (Lipinski definition) is 1. The summed E-state index contributed by atoms with van der Waals surface area (Å²) in [5.41, 5.74) is 2.11. The molecule has 0 bridgehead atoms. The summed E-state index contributed by atoms with van der Waals surface area (Å²) in [6, 6.07) is 8.17. The highest BCUT2D eigenvalue weighted by molar-refractivity contribution is 5.59. The standard InChI is InChI=1S/C15H18N6/c1-3-21-9-8-16-14(21)10-17-13-6-4-12(5-7-13)15-19-18-11-20(15)2/h4-9,11,17H,3,10H2,1-2H3. The Balaban J connectivity index is 1.69. The first-order chi connectivity index (χ1) is 10.3. The predicted molar refractivity (Wildman–Crippen MR) is 81.7 cm³/mol. The number of hydrogen-bond acceptors (Lipinski definition) is 4. The lowest BCUT2D eigenvalue weighted by Gasteiger charge is -2.08. The van der Waals surface area contributed by atoms with Gasteiger partial charge in [-0.3, -0.25) is 0 Å². The molecule has 21 heavy (non-hydrogen) atoms. The van der Waals surface area contributed by atoms with Crippen LogP contribution in [0, 0.1) is 0 Å². The van der Waals surface area contributed by atoms with E-state index in [1.807, 2.05) is 48.3 Å². The van der Waals surface area contributed by atoms with Crippen molar-refractivity contribution in [3.05, 3.63) is 48.8 Å². The van der Waals surface area contributed by atoms with Gasteiger partial charge in [0.2, 0.25) is 0 Å². The van der Waals surface area contributed by atoms with Gasteiger partial charge in [0.15, 0.2) is 5.82 Å². The third kappa shape index (κ3) is 2.79. The van der Waals surface area contributed by atoms with Crippen molar-refractivity contribution in [1.82, 2.24) is 24.3 Å². The highest BCUT2D eigenvalue weighted by atomic mass is 15.2. The third-order valence-corrected chi connectivity index (χ3v) is 3.45. The molecule has 6 nitrogen and oxygen atoms in total. The van der Waals surface area contributed by atoms with E-state index in [0.29, 0.717) is 6.54 Å². The van der Waals surface area contributed by atoms with Gasteiger partial charge in [-0.1, -0.05) is 0 Å². The second kappa shape index (κ2) is 5.78. The number of aryl methyl sites for hydroxylation is 2. The average Bonchev–Trinajstić information content (AvgIpc) is 3.14. The molecule has 0 saturated heterocycles. The van der Waals surface area contributed by atoms with Gasteiger partial charge in [-0.25, -0.2) is 4.98 Å². The molecule has 0 spiro atoms. The zero-order valence-corrected chi connectivity index (χ0v) is 12.2. The normalized spacial score (nSPS) is 10.8. The van der Waals surface area contributed by atoms with Crippen LogP contribution >= 0.6 is 0 Å². The first kappa shape index (κ1) is 13.4. The lowest BCUT2D eigenvalue weighted by molar-refractivity contribution is 0.708. The maximum Gasteiger partial charge on any atom is 0.163 e. The van der Waals surface area contributed by atoms with Gasteiger partial charge in [0.05, 0.1) is 6.54 Å². The van der Waals surface area contributed by atoms with Crippen LogP contribution < -0.4 is 5.32 Å². The highest BCUT2D eigenvalue weighted by Crippen LogP contribution is 2.18. The van der Waals surface area contributed by atoms with Crippen molar-refractivity contribution in [3.63, 3.8) is 0 Å². The molecule has 0 amide bonds. The van der Waals surface area contributed by atoms with Crippen LogP contribution in [0.5, 0.6) is 0 Å². The van der Waals surface area contributed by atoms with E-state index in [2.05, 4.69) is 32.0 Å². The molecule has 0 aliphatic rings. The Labute approximate surface area is 123 Å². The van der Waals surface area contributed by atoms with E-state index in [-0.39, 0.29) is 0 Å². The van der Waals surface area contributed by atoms with Crippen molar-refractivity contribution in [1.29, 1.82) is 0 Å². The van der Waals surface area contributed by atoms with Crippen LogP contribution in [-0.2, 0) is 20.1 Å². The molecule has 6 heteroatoms. The molecule has 0 aliphatic heterocycles. The fourth-order valence-corrected chi connectivity index (χ4v) is 2.26. The van der Waals surface area contributed by atoms with Crippen molar-refractivity contribution in [2.75, 3.05) is 5.32 Å². The minimum absolute atomic E-state index is 0.712. The fraction of sp³-hybridized carbons (Fsp3) is 0.267. The number of nitrogens with one attached hydrogen (secondary N) is 1. The summed E-state index contributed by atoms with van der Waals surface area (Å²) in [6.45, 7) is 3.76. The molecule has 2 heterocycles. The summed E-state index contributed by atoms with van der Waals surface area (Å²) in [4.78, 5) is 4.35. The summed E-state index contributed by atoms with van der Waals surface area (Å²) in [5, 5.41) is 11.4. The van der Waals surface area contributed by atoms with Gasteiger partial charge in [0.25, 0.3) is 0 Å². The number of imidazole rings is 1. The molecule has 0 unspecified atom stereocenters. The molecular weight excluding hydrogens is 264 g/mol. The van der Waals surface area contributed by atoms with Crippen LogP contribution in [0.25, 0.3) is 11.4 Å². The summed E-state index contributed by atoms with van der Waals surface area (Å²) in [5.74, 6) is 1.90. The van der Waals surface area contributed by atoms with Crippen molar-refractivity contribution < 1.29 is 0 Å². The molecule has 1 aromatic carbocycles. The number of anilines is 1. The molecular formula is C15H18N6. The molecule has 108 valence electrons. The van der Waals surface area contributed by atoms with Gasteiger partial charge in [-0.15, -0.1) is 10.2 Å². The van der Waals surface area contributed by atoms with Crippen LogP contribution in [0.15, 0.2) is 43.0 Å². The Hall–Kier alpha value is -2.63. The zero-order chi connectivity index (χ0) is 14.7. The molecule has 0 saturated carbocycles. The maximum atomic E-state index is 4.35. The van der Waals surface area contributed by atoms with E-state index in [1.165, 1.54) is 0 Å². The quantitative estimate of drug-likeness (QED) is 0.780. The minimum Gasteiger partial charge on any atom is -0.378 e. The largest absolute Gasteiger partial charge is 0.378 e. The number of aromatic nitrogens is 5. The summed E-state index contributed by atoms with van der Waals surface area (Å²) in [7, 11) is 1.94. The van der Waals surface area contributed by atoms with E-state index in [0.717, 1.165) is 29.4 Å². The monoisotopic (exact) mass is 282 g/mol. The number of nitrogens with zero attached hydrogens (tertiary/aromatic N) is 5. The van der Waals surface area contributed by atoms with Gasteiger partial charge in [0, 0.05) is 37.2 Å². The smallest absolute Gasteiger partial charge is 0.163 e. The predicted octanol–water partition coefficient (Wildman–Crippen LogP) is 2.31. The molecule has 1 N–H and O–H groups in total. The van der Waals surface area contributed by atoms with E-state index in [4.69, 9.17) is 0 Å². The Morgan fingerprint density at radius 3 is 2.67 bits per heavy atom. The molecule has 0 atom stereocenters. The third-order valence-electron chi connectivity index (χ3n) is 3.45. The van der Waals surface area contributed by atoms with Crippen LogP contribution in [0.1, 0.15) is 12.7 Å². The van der Waals surface area contributed by atoms with E-state index >= 15 is 0 Å².